The SMILES string of the molecule is CCN1CCC(CNC(=O)C(C)C(N)c2ccccc2)C1.Cl.Cl. The number of hydrogen-bond donors (Lipinski definition) is 2. The largest absolute Gasteiger partial charge is 0.355 e. The summed E-state index contributed by atoms with van der Waals surface area (Å²) in [5.41, 5.74) is 7.21. The number of likely N-dealkylation sites (tertiary alicyclic amines) is 1. The molecule has 0 aliphatic carbocycles. The fourth-order valence-corrected chi connectivity index (χ4v) is 2.90. The van der Waals surface area contributed by atoms with Crippen LogP contribution in [0, 0.1) is 11.8 Å². The van der Waals surface area contributed by atoms with E-state index in [4.69, 9.17) is 5.73 Å². The third kappa shape index (κ3) is 6.30. The highest BCUT2D eigenvalue weighted by molar-refractivity contribution is 5.85. The molecule has 1 fully saturated rings. The van der Waals surface area contributed by atoms with E-state index in [9.17, 15) is 4.79 Å². The van der Waals surface area contributed by atoms with Gasteiger partial charge < -0.3 is 16.0 Å². The Morgan fingerprint density at radius 3 is 2.57 bits per heavy atom. The Kier molecular flexibility index (Phi) is 10.5. The maximum Gasteiger partial charge on any atom is 0.224 e. The molecule has 3 atom stereocenters. The first-order chi connectivity index (χ1) is 10.1. The molecule has 0 bridgehead atoms. The molecule has 1 heterocycles. The molecule has 132 valence electrons. The van der Waals surface area contributed by atoms with E-state index >= 15 is 0 Å². The summed E-state index contributed by atoms with van der Waals surface area (Å²) in [6.45, 7) is 8.19. The summed E-state index contributed by atoms with van der Waals surface area (Å²) < 4.78 is 0. The van der Waals surface area contributed by atoms with E-state index in [0.29, 0.717) is 5.92 Å². The summed E-state index contributed by atoms with van der Waals surface area (Å²) in [6.07, 6.45) is 1.17. The zero-order chi connectivity index (χ0) is 15.2. The minimum atomic E-state index is -0.248. The summed E-state index contributed by atoms with van der Waals surface area (Å²) in [5.74, 6) is 0.423. The highest BCUT2D eigenvalue weighted by Gasteiger charge is 2.25. The predicted molar refractivity (Wildman–Crippen MR) is 100 cm³/mol. The zero-order valence-corrected chi connectivity index (χ0v) is 15.5. The molecular weight excluding hydrogens is 333 g/mol. The van der Waals surface area contributed by atoms with Crippen molar-refractivity contribution in [1.82, 2.24) is 10.2 Å². The van der Waals surface area contributed by atoms with Gasteiger partial charge in [-0.3, -0.25) is 4.79 Å². The minimum Gasteiger partial charge on any atom is -0.355 e. The standard InChI is InChI=1S/C17H27N3O.2ClH/c1-3-20-10-9-14(12-20)11-19-17(21)13(2)16(18)15-7-5-4-6-8-15;;/h4-8,13-14,16H,3,9-12,18H2,1-2H3,(H,19,21);2*1H. The van der Waals surface area contributed by atoms with Gasteiger partial charge in [-0.05, 0) is 31.0 Å². The highest BCUT2D eigenvalue weighted by atomic mass is 35.5. The molecule has 1 amide bonds. The number of nitrogens with zero attached hydrogens (tertiary/aromatic N) is 1. The molecule has 1 aliphatic heterocycles. The van der Waals surface area contributed by atoms with E-state index in [-0.39, 0.29) is 42.7 Å². The van der Waals surface area contributed by atoms with Crippen molar-refractivity contribution in [3.05, 3.63) is 35.9 Å². The zero-order valence-electron chi connectivity index (χ0n) is 13.9. The molecule has 3 N–H and O–H groups in total. The minimum absolute atomic E-state index is 0. The number of amides is 1. The molecule has 0 spiro atoms. The van der Waals surface area contributed by atoms with Crippen LogP contribution in [0.1, 0.15) is 31.9 Å². The van der Waals surface area contributed by atoms with Crippen molar-refractivity contribution in [3.8, 4) is 0 Å². The van der Waals surface area contributed by atoms with E-state index in [0.717, 1.165) is 31.7 Å². The van der Waals surface area contributed by atoms with Gasteiger partial charge in [-0.1, -0.05) is 44.2 Å². The fourth-order valence-electron chi connectivity index (χ4n) is 2.90. The normalized spacial score (nSPS) is 20.0. The van der Waals surface area contributed by atoms with Crippen LogP contribution in [0.5, 0.6) is 0 Å². The van der Waals surface area contributed by atoms with E-state index in [2.05, 4.69) is 17.1 Å². The number of nitrogens with one attached hydrogen (secondary N) is 1. The van der Waals surface area contributed by atoms with Gasteiger partial charge in [-0.2, -0.15) is 0 Å². The van der Waals surface area contributed by atoms with Crippen LogP contribution in [0.15, 0.2) is 30.3 Å². The summed E-state index contributed by atoms with van der Waals surface area (Å²) in [6, 6.07) is 9.58. The lowest BCUT2D eigenvalue weighted by Gasteiger charge is -2.21. The van der Waals surface area contributed by atoms with Crippen molar-refractivity contribution in [3.63, 3.8) is 0 Å². The molecule has 2 rings (SSSR count). The summed E-state index contributed by atoms with van der Waals surface area (Å²) >= 11 is 0. The molecule has 4 nitrogen and oxygen atoms in total. The van der Waals surface area contributed by atoms with Crippen molar-refractivity contribution < 1.29 is 4.79 Å². The van der Waals surface area contributed by atoms with Gasteiger partial charge in [0.05, 0.1) is 5.92 Å². The summed E-state index contributed by atoms with van der Waals surface area (Å²) in [4.78, 5) is 14.7. The first-order valence-electron chi connectivity index (χ1n) is 7.92. The van der Waals surface area contributed by atoms with Crippen LogP contribution in [0.25, 0.3) is 0 Å². The predicted octanol–water partition coefficient (Wildman–Crippen LogP) is 2.62. The van der Waals surface area contributed by atoms with Crippen LogP contribution in [-0.4, -0.2) is 37.0 Å². The van der Waals surface area contributed by atoms with Crippen molar-refractivity contribution >= 4 is 30.7 Å². The second kappa shape index (κ2) is 10.9. The van der Waals surface area contributed by atoms with Gasteiger partial charge in [0.1, 0.15) is 0 Å². The van der Waals surface area contributed by atoms with Crippen LogP contribution < -0.4 is 11.1 Å². The number of nitrogens with two attached hydrogens (primary N) is 1. The van der Waals surface area contributed by atoms with Gasteiger partial charge in [0.2, 0.25) is 5.91 Å². The van der Waals surface area contributed by atoms with Crippen molar-refractivity contribution in [2.24, 2.45) is 17.6 Å². The van der Waals surface area contributed by atoms with E-state index in [1.165, 1.54) is 6.42 Å². The van der Waals surface area contributed by atoms with Gasteiger partial charge >= 0.3 is 0 Å². The Labute approximate surface area is 152 Å². The highest BCUT2D eigenvalue weighted by Crippen LogP contribution is 2.20. The lowest BCUT2D eigenvalue weighted by molar-refractivity contribution is -0.125. The maximum absolute atomic E-state index is 12.3. The third-order valence-corrected chi connectivity index (χ3v) is 4.52. The Morgan fingerprint density at radius 2 is 2.00 bits per heavy atom. The maximum atomic E-state index is 12.3. The molecule has 0 aromatic heterocycles. The number of hydrogen-bond acceptors (Lipinski definition) is 3. The average Bonchev–Trinajstić information content (AvgIpc) is 3.00. The Bertz CT molecular complexity index is 458. The van der Waals surface area contributed by atoms with Crippen molar-refractivity contribution in [1.29, 1.82) is 0 Å². The first kappa shape index (κ1) is 22.2. The Balaban J connectivity index is 0.00000242. The fraction of sp³-hybridized carbons (Fsp3) is 0.588. The molecule has 3 unspecified atom stereocenters. The summed E-state index contributed by atoms with van der Waals surface area (Å²) in [7, 11) is 0. The number of halogens is 2. The Hall–Kier alpha value is -0.810. The second-order valence-corrected chi connectivity index (χ2v) is 6.02. The van der Waals surface area contributed by atoms with Gasteiger partial charge in [-0.25, -0.2) is 0 Å². The van der Waals surface area contributed by atoms with E-state index < -0.39 is 0 Å². The smallest absolute Gasteiger partial charge is 0.224 e. The molecule has 1 aliphatic rings. The molecule has 23 heavy (non-hydrogen) atoms. The Morgan fingerprint density at radius 1 is 1.35 bits per heavy atom. The lowest BCUT2D eigenvalue weighted by Crippen LogP contribution is -2.38. The van der Waals surface area contributed by atoms with E-state index in [1.807, 2.05) is 37.3 Å². The number of rotatable bonds is 6. The van der Waals surface area contributed by atoms with Crippen molar-refractivity contribution in [2.75, 3.05) is 26.2 Å². The number of carbonyl (C=O) groups excluding carboxylic acids is 1. The topological polar surface area (TPSA) is 58.4 Å². The van der Waals surface area contributed by atoms with Gasteiger partial charge in [0.15, 0.2) is 0 Å². The molecule has 0 saturated carbocycles. The van der Waals surface area contributed by atoms with Crippen molar-refractivity contribution in [2.45, 2.75) is 26.3 Å². The molecule has 1 aromatic carbocycles. The number of benzene rings is 1. The molecule has 1 aromatic rings. The van der Waals surface area contributed by atoms with Gasteiger partial charge in [0, 0.05) is 19.1 Å². The van der Waals surface area contributed by atoms with Crippen LogP contribution >= 0.6 is 24.8 Å². The molecule has 0 radical (unpaired) electrons. The van der Waals surface area contributed by atoms with Crippen LogP contribution in [0.4, 0.5) is 0 Å². The van der Waals surface area contributed by atoms with Crippen LogP contribution in [0.3, 0.4) is 0 Å². The quantitative estimate of drug-likeness (QED) is 0.818. The molecule has 6 heteroatoms. The van der Waals surface area contributed by atoms with Crippen LogP contribution in [0.2, 0.25) is 0 Å². The van der Waals surface area contributed by atoms with E-state index in [1.54, 1.807) is 0 Å². The average molecular weight is 362 g/mol. The second-order valence-electron chi connectivity index (χ2n) is 6.02. The molecule has 1 saturated heterocycles. The first-order valence-corrected chi connectivity index (χ1v) is 7.92. The lowest BCUT2D eigenvalue weighted by atomic mass is 9.94. The molecular formula is C17H29Cl2N3O. The van der Waals surface area contributed by atoms with Gasteiger partial charge in [-0.15, -0.1) is 24.8 Å². The van der Waals surface area contributed by atoms with Crippen LogP contribution in [-0.2, 0) is 4.79 Å². The number of carbonyl (C=O) groups is 1. The summed E-state index contributed by atoms with van der Waals surface area (Å²) in [5, 5.41) is 3.07. The monoisotopic (exact) mass is 361 g/mol. The third-order valence-electron chi connectivity index (χ3n) is 4.52. The van der Waals surface area contributed by atoms with Gasteiger partial charge in [0.25, 0.3) is 0 Å².